The number of rotatable bonds is 4. The summed E-state index contributed by atoms with van der Waals surface area (Å²) < 4.78 is 0. The van der Waals surface area contributed by atoms with Crippen LogP contribution in [0.4, 0.5) is 0 Å². The molecule has 1 aromatic heterocycles. The number of thiophene rings is 1. The first-order chi connectivity index (χ1) is 5.34. The minimum absolute atomic E-state index is 0.189. The number of alkyl halides is 1. The highest BCUT2D eigenvalue weighted by atomic mass is 35.5. The van der Waals surface area contributed by atoms with Crippen molar-refractivity contribution in [3.63, 3.8) is 0 Å². The second-order valence-corrected chi connectivity index (χ2v) is 3.81. The van der Waals surface area contributed by atoms with E-state index >= 15 is 0 Å². The smallest absolute Gasteiger partial charge is 0.0390 e. The van der Waals surface area contributed by atoms with E-state index in [1.165, 1.54) is 4.88 Å². The zero-order valence-corrected chi connectivity index (χ0v) is 7.87. The third-order valence-electron chi connectivity index (χ3n) is 1.56. The van der Waals surface area contributed by atoms with Crippen molar-refractivity contribution in [3.8, 4) is 0 Å². The average Bonchev–Trinajstić information content (AvgIpc) is 2.52. The highest BCUT2D eigenvalue weighted by Crippen LogP contribution is 2.20. The molecular formula is C8H12ClNS. The fourth-order valence-electron chi connectivity index (χ4n) is 0.942. The van der Waals surface area contributed by atoms with E-state index in [-0.39, 0.29) is 6.04 Å². The molecule has 62 valence electrons. The first-order valence-electron chi connectivity index (χ1n) is 3.69. The molecule has 1 rings (SSSR count). The predicted molar refractivity (Wildman–Crippen MR) is 51.2 cm³/mol. The fourth-order valence-corrected chi connectivity index (χ4v) is 1.86. The number of nitrogens with two attached hydrogens (primary N) is 1. The van der Waals surface area contributed by atoms with Crippen LogP contribution in [0.1, 0.15) is 23.8 Å². The third-order valence-corrected chi connectivity index (χ3v) is 2.83. The summed E-state index contributed by atoms with van der Waals surface area (Å²) in [5, 5.41) is 2.05. The second kappa shape index (κ2) is 4.75. The molecule has 1 aromatic rings. The van der Waals surface area contributed by atoms with E-state index in [4.69, 9.17) is 17.3 Å². The molecule has 0 aliphatic heterocycles. The third kappa shape index (κ3) is 2.81. The fraction of sp³-hybridized carbons (Fsp3) is 0.500. The van der Waals surface area contributed by atoms with Crippen LogP contribution in [-0.2, 0) is 0 Å². The van der Waals surface area contributed by atoms with Gasteiger partial charge in [-0.05, 0) is 24.3 Å². The largest absolute Gasteiger partial charge is 0.323 e. The standard InChI is InChI=1S/C8H12ClNS/c9-5-1-3-7(10)8-4-2-6-11-8/h2,4,6-7H,1,3,5,10H2/t7-/m1/s1. The molecule has 0 bridgehead atoms. The number of halogens is 1. The van der Waals surface area contributed by atoms with Crippen molar-refractivity contribution >= 4 is 22.9 Å². The van der Waals surface area contributed by atoms with Crippen LogP contribution in [0.15, 0.2) is 17.5 Å². The van der Waals surface area contributed by atoms with Gasteiger partial charge in [0.2, 0.25) is 0 Å². The molecule has 1 atom stereocenters. The van der Waals surface area contributed by atoms with E-state index in [1.54, 1.807) is 11.3 Å². The molecule has 0 radical (unpaired) electrons. The first kappa shape index (κ1) is 9.04. The number of hydrogen-bond acceptors (Lipinski definition) is 2. The summed E-state index contributed by atoms with van der Waals surface area (Å²) >= 11 is 7.27. The van der Waals surface area contributed by atoms with Crippen LogP contribution in [0.25, 0.3) is 0 Å². The van der Waals surface area contributed by atoms with Gasteiger partial charge in [0.1, 0.15) is 0 Å². The van der Waals surface area contributed by atoms with Gasteiger partial charge in [-0.2, -0.15) is 0 Å². The van der Waals surface area contributed by atoms with Crippen LogP contribution < -0.4 is 5.73 Å². The topological polar surface area (TPSA) is 26.0 Å². The van der Waals surface area contributed by atoms with E-state index < -0.39 is 0 Å². The highest BCUT2D eigenvalue weighted by Gasteiger charge is 2.04. The lowest BCUT2D eigenvalue weighted by Crippen LogP contribution is -2.08. The van der Waals surface area contributed by atoms with Gasteiger partial charge >= 0.3 is 0 Å². The molecule has 0 unspecified atom stereocenters. The van der Waals surface area contributed by atoms with Gasteiger partial charge in [-0.3, -0.25) is 0 Å². The minimum atomic E-state index is 0.189. The maximum Gasteiger partial charge on any atom is 0.0390 e. The van der Waals surface area contributed by atoms with E-state index in [9.17, 15) is 0 Å². The summed E-state index contributed by atoms with van der Waals surface area (Å²) in [5.74, 6) is 0.707. The lowest BCUT2D eigenvalue weighted by molar-refractivity contribution is 0.651. The molecule has 1 heterocycles. The van der Waals surface area contributed by atoms with Gasteiger partial charge < -0.3 is 5.73 Å². The lowest BCUT2D eigenvalue weighted by atomic mass is 10.1. The summed E-state index contributed by atoms with van der Waals surface area (Å²) in [4.78, 5) is 1.26. The van der Waals surface area contributed by atoms with E-state index in [1.807, 2.05) is 6.07 Å². The monoisotopic (exact) mass is 189 g/mol. The Kier molecular flexibility index (Phi) is 3.91. The molecular weight excluding hydrogens is 178 g/mol. The summed E-state index contributed by atoms with van der Waals surface area (Å²) in [5.41, 5.74) is 5.88. The van der Waals surface area contributed by atoms with Gasteiger partial charge in [0.15, 0.2) is 0 Å². The van der Waals surface area contributed by atoms with Gasteiger partial charge in [0, 0.05) is 16.8 Å². The van der Waals surface area contributed by atoms with Gasteiger partial charge in [0.05, 0.1) is 0 Å². The van der Waals surface area contributed by atoms with Crippen molar-refractivity contribution < 1.29 is 0 Å². The van der Waals surface area contributed by atoms with Crippen LogP contribution in [0.2, 0.25) is 0 Å². The van der Waals surface area contributed by atoms with Crippen LogP contribution in [0, 0.1) is 0 Å². The van der Waals surface area contributed by atoms with E-state index in [2.05, 4.69) is 11.4 Å². The Morgan fingerprint density at radius 1 is 1.64 bits per heavy atom. The summed E-state index contributed by atoms with van der Waals surface area (Å²) in [6, 6.07) is 4.29. The first-order valence-corrected chi connectivity index (χ1v) is 5.11. The average molecular weight is 190 g/mol. The molecule has 2 N–H and O–H groups in total. The Labute approximate surface area is 76.2 Å². The SMILES string of the molecule is N[C@H](CCCCl)c1cccs1. The Morgan fingerprint density at radius 3 is 3.00 bits per heavy atom. The molecule has 3 heteroatoms. The lowest BCUT2D eigenvalue weighted by Gasteiger charge is -2.06. The predicted octanol–water partition coefficient (Wildman–Crippen LogP) is 2.77. The van der Waals surface area contributed by atoms with Crippen molar-refractivity contribution in [1.82, 2.24) is 0 Å². The molecule has 0 fully saturated rings. The Morgan fingerprint density at radius 2 is 2.45 bits per heavy atom. The molecule has 0 spiro atoms. The summed E-state index contributed by atoms with van der Waals surface area (Å²) in [6.45, 7) is 0. The molecule has 0 aliphatic carbocycles. The maximum atomic E-state index is 5.88. The summed E-state index contributed by atoms with van der Waals surface area (Å²) in [6.07, 6.45) is 1.99. The summed E-state index contributed by atoms with van der Waals surface area (Å²) in [7, 11) is 0. The highest BCUT2D eigenvalue weighted by molar-refractivity contribution is 7.10. The van der Waals surface area contributed by atoms with Gasteiger partial charge in [-0.1, -0.05) is 6.07 Å². The second-order valence-electron chi connectivity index (χ2n) is 2.45. The molecule has 0 aliphatic rings. The Hall–Kier alpha value is -0.0500. The van der Waals surface area contributed by atoms with Gasteiger partial charge in [0.25, 0.3) is 0 Å². The van der Waals surface area contributed by atoms with Crippen molar-refractivity contribution in [2.75, 3.05) is 5.88 Å². The molecule has 1 nitrogen and oxygen atoms in total. The van der Waals surface area contributed by atoms with Crippen LogP contribution in [0.5, 0.6) is 0 Å². The van der Waals surface area contributed by atoms with E-state index in [0.29, 0.717) is 5.88 Å². The molecule has 0 amide bonds. The molecule has 11 heavy (non-hydrogen) atoms. The minimum Gasteiger partial charge on any atom is -0.323 e. The van der Waals surface area contributed by atoms with Crippen LogP contribution in [-0.4, -0.2) is 5.88 Å². The van der Waals surface area contributed by atoms with Crippen molar-refractivity contribution in [1.29, 1.82) is 0 Å². The quantitative estimate of drug-likeness (QED) is 0.725. The normalized spacial score (nSPS) is 13.3. The van der Waals surface area contributed by atoms with Crippen LogP contribution >= 0.6 is 22.9 Å². The molecule has 0 aromatic carbocycles. The van der Waals surface area contributed by atoms with Gasteiger partial charge in [-0.25, -0.2) is 0 Å². The van der Waals surface area contributed by atoms with Crippen LogP contribution in [0.3, 0.4) is 0 Å². The van der Waals surface area contributed by atoms with Gasteiger partial charge in [-0.15, -0.1) is 22.9 Å². The Bertz CT molecular complexity index is 186. The number of hydrogen-bond donors (Lipinski definition) is 1. The Balaban J connectivity index is 2.36. The zero-order chi connectivity index (χ0) is 8.10. The van der Waals surface area contributed by atoms with Crippen molar-refractivity contribution in [3.05, 3.63) is 22.4 Å². The van der Waals surface area contributed by atoms with E-state index in [0.717, 1.165) is 12.8 Å². The molecule has 0 saturated heterocycles. The van der Waals surface area contributed by atoms with Crippen molar-refractivity contribution in [2.45, 2.75) is 18.9 Å². The molecule has 0 saturated carbocycles. The maximum absolute atomic E-state index is 5.88. The van der Waals surface area contributed by atoms with Crippen molar-refractivity contribution in [2.24, 2.45) is 5.73 Å². The zero-order valence-electron chi connectivity index (χ0n) is 6.29.